The molecule has 0 radical (unpaired) electrons. The molecular formula is C32H31ClF2N4O7S. The predicted molar refractivity (Wildman–Crippen MR) is 170 cm³/mol. The quantitative estimate of drug-likeness (QED) is 0.158. The number of carbonyl (C=O) groups is 2. The lowest BCUT2D eigenvalue weighted by Gasteiger charge is -2.23. The van der Waals surface area contributed by atoms with Crippen molar-refractivity contribution in [2.45, 2.75) is 32.7 Å². The first-order chi connectivity index (χ1) is 22.4. The molecule has 0 unspecified atom stereocenters. The van der Waals surface area contributed by atoms with Crippen LogP contribution in [0.15, 0.2) is 60.9 Å². The third kappa shape index (κ3) is 8.25. The Hall–Kier alpha value is -4.53. The van der Waals surface area contributed by atoms with E-state index in [1.807, 2.05) is 24.4 Å². The summed E-state index contributed by atoms with van der Waals surface area (Å²) >= 11 is 6.16. The summed E-state index contributed by atoms with van der Waals surface area (Å²) < 4.78 is 73.5. The van der Waals surface area contributed by atoms with Gasteiger partial charge in [-0.05, 0) is 50.1 Å². The summed E-state index contributed by atoms with van der Waals surface area (Å²) in [5.74, 6) is -3.20. The van der Waals surface area contributed by atoms with Gasteiger partial charge < -0.3 is 19.7 Å². The number of benzene rings is 3. The topological polar surface area (TPSA) is 140 Å². The van der Waals surface area contributed by atoms with Crippen LogP contribution in [0, 0.1) is 18.6 Å². The van der Waals surface area contributed by atoms with Crippen LogP contribution in [-0.4, -0.2) is 60.2 Å². The fraction of sp³-hybridized carbons (Fsp3) is 0.281. The molecule has 1 aromatic heterocycles. The molecule has 0 atom stereocenters. The molecule has 2 amide bonds. The van der Waals surface area contributed by atoms with E-state index in [0.717, 1.165) is 17.7 Å². The van der Waals surface area contributed by atoms with E-state index in [2.05, 4.69) is 5.10 Å². The van der Waals surface area contributed by atoms with Gasteiger partial charge in [0.15, 0.2) is 5.75 Å². The molecule has 1 aliphatic heterocycles. The standard InChI is InChI=1S/C32H31ClF2N4O7S/c1-20-25(33)7-3-9-29(20)45-12-4-10-30(40)39-11-5-13-46-31-23(6-2-8-28(31)39)22-16-37-38(17-22)18-24-26(34)14-21(15-27(24)35)32(41)36-19-47(42,43)44/h2-3,6-9,14-17H,4-5,10-13,18-19H2,1H3,(H,36,41)(H,42,43,44). The fourth-order valence-electron chi connectivity index (χ4n) is 5.07. The molecule has 5 rings (SSSR count). The van der Waals surface area contributed by atoms with Crippen molar-refractivity contribution in [2.75, 3.05) is 30.5 Å². The number of amides is 2. The molecule has 0 bridgehead atoms. The lowest BCUT2D eigenvalue weighted by Crippen LogP contribution is -2.31. The molecule has 15 heteroatoms. The number of para-hydroxylation sites is 1. The van der Waals surface area contributed by atoms with Gasteiger partial charge in [-0.3, -0.25) is 18.8 Å². The first kappa shape index (κ1) is 33.8. The molecule has 0 spiro atoms. The average molecular weight is 689 g/mol. The number of nitrogens with zero attached hydrogens (tertiary/aromatic N) is 3. The lowest BCUT2D eigenvalue weighted by molar-refractivity contribution is -0.118. The Balaban J connectivity index is 1.28. The zero-order chi connectivity index (χ0) is 33.7. The van der Waals surface area contributed by atoms with Crippen molar-refractivity contribution >= 4 is 39.2 Å². The Labute approximate surface area is 274 Å². The Bertz CT molecular complexity index is 1900. The molecule has 2 N–H and O–H groups in total. The Morgan fingerprint density at radius 1 is 1.15 bits per heavy atom. The van der Waals surface area contributed by atoms with Crippen molar-refractivity contribution in [1.82, 2.24) is 15.1 Å². The Morgan fingerprint density at radius 2 is 1.89 bits per heavy atom. The fourth-order valence-corrected chi connectivity index (χ4v) is 5.55. The van der Waals surface area contributed by atoms with Crippen molar-refractivity contribution in [3.63, 3.8) is 0 Å². The smallest absolute Gasteiger partial charge is 0.283 e. The first-order valence-corrected chi connectivity index (χ1v) is 16.6. The van der Waals surface area contributed by atoms with E-state index >= 15 is 0 Å². The van der Waals surface area contributed by atoms with E-state index < -0.39 is 39.1 Å². The predicted octanol–water partition coefficient (Wildman–Crippen LogP) is 5.39. The summed E-state index contributed by atoms with van der Waals surface area (Å²) in [6.07, 6.45) is 4.45. The maximum absolute atomic E-state index is 14.9. The normalized spacial score (nSPS) is 13.0. The molecule has 248 valence electrons. The van der Waals surface area contributed by atoms with Crippen LogP contribution in [-0.2, 0) is 21.5 Å². The molecule has 0 aliphatic carbocycles. The van der Waals surface area contributed by atoms with Gasteiger partial charge in [0.25, 0.3) is 16.0 Å². The maximum Gasteiger partial charge on any atom is 0.283 e. The average Bonchev–Trinajstić information content (AvgIpc) is 3.38. The van der Waals surface area contributed by atoms with E-state index in [9.17, 15) is 26.8 Å². The van der Waals surface area contributed by atoms with Crippen molar-refractivity contribution in [1.29, 1.82) is 0 Å². The number of ether oxygens (including phenoxy) is 2. The van der Waals surface area contributed by atoms with Gasteiger partial charge in [-0.15, -0.1) is 0 Å². The van der Waals surface area contributed by atoms with Gasteiger partial charge >= 0.3 is 0 Å². The van der Waals surface area contributed by atoms with Crippen LogP contribution in [0.5, 0.6) is 11.5 Å². The number of hydrogen-bond donors (Lipinski definition) is 2. The zero-order valence-corrected chi connectivity index (χ0v) is 26.8. The van der Waals surface area contributed by atoms with Crippen LogP contribution in [0.25, 0.3) is 11.1 Å². The van der Waals surface area contributed by atoms with Crippen molar-refractivity contribution < 1.29 is 40.8 Å². The highest BCUT2D eigenvalue weighted by atomic mass is 35.5. The Kier molecular flexibility index (Phi) is 10.4. The van der Waals surface area contributed by atoms with E-state index in [-0.39, 0.29) is 24.4 Å². The van der Waals surface area contributed by atoms with Crippen molar-refractivity contribution in [2.24, 2.45) is 0 Å². The number of hydrogen-bond acceptors (Lipinski definition) is 7. The van der Waals surface area contributed by atoms with Gasteiger partial charge in [0.2, 0.25) is 5.91 Å². The van der Waals surface area contributed by atoms with E-state index in [0.29, 0.717) is 65.9 Å². The molecule has 1 aliphatic rings. The highest BCUT2D eigenvalue weighted by molar-refractivity contribution is 7.85. The zero-order valence-electron chi connectivity index (χ0n) is 25.2. The monoisotopic (exact) mass is 688 g/mol. The second-order valence-electron chi connectivity index (χ2n) is 10.8. The second-order valence-corrected chi connectivity index (χ2v) is 12.7. The summed E-state index contributed by atoms with van der Waals surface area (Å²) in [4.78, 5) is 27.1. The van der Waals surface area contributed by atoms with Gasteiger partial charge in [-0.2, -0.15) is 13.5 Å². The number of nitrogens with one attached hydrogen (secondary N) is 1. The highest BCUT2D eigenvalue weighted by Crippen LogP contribution is 2.40. The van der Waals surface area contributed by atoms with Crippen molar-refractivity contribution in [3.8, 4) is 22.6 Å². The van der Waals surface area contributed by atoms with Gasteiger partial charge in [-0.25, -0.2) is 8.78 Å². The summed E-state index contributed by atoms with van der Waals surface area (Å²) in [6, 6.07) is 12.4. The van der Waals surface area contributed by atoms with Crippen LogP contribution in [0.2, 0.25) is 5.02 Å². The van der Waals surface area contributed by atoms with Crippen LogP contribution >= 0.6 is 11.6 Å². The maximum atomic E-state index is 14.9. The molecule has 3 aromatic carbocycles. The summed E-state index contributed by atoms with van der Waals surface area (Å²) in [5, 5.41) is 6.73. The lowest BCUT2D eigenvalue weighted by atomic mass is 10.1. The second kappa shape index (κ2) is 14.5. The molecule has 11 nitrogen and oxygen atoms in total. The highest BCUT2D eigenvalue weighted by Gasteiger charge is 2.25. The number of carbonyl (C=O) groups excluding carboxylic acids is 2. The number of anilines is 1. The summed E-state index contributed by atoms with van der Waals surface area (Å²) in [5.41, 5.74) is 1.83. The van der Waals surface area contributed by atoms with E-state index in [1.165, 1.54) is 10.9 Å². The molecule has 0 fully saturated rings. The molecule has 0 saturated carbocycles. The minimum absolute atomic E-state index is 0.0860. The minimum atomic E-state index is -4.52. The third-order valence-electron chi connectivity index (χ3n) is 7.45. The Morgan fingerprint density at radius 3 is 2.64 bits per heavy atom. The third-order valence-corrected chi connectivity index (χ3v) is 8.37. The largest absolute Gasteiger partial charge is 0.493 e. The van der Waals surface area contributed by atoms with Crippen LogP contribution in [0.3, 0.4) is 0 Å². The number of fused-ring (bicyclic) bond motifs is 1. The van der Waals surface area contributed by atoms with E-state index in [4.69, 9.17) is 25.6 Å². The molecular weight excluding hydrogens is 658 g/mol. The number of rotatable bonds is 11. The number of halogens is 3. The van der Waals surface area contributed by atoms with Gasteiger partial charge in [0, 0.05) is 52.0 Å². The van der Waals surface area contributed by atoms with Crippen LogP contribution in [0.1, 0.15) is 40.7 Å². The SMILES string of the molecule is Cc1c(Cl)cccc1OCCCC(=O)N1CCCOc2c(-c3cnn(Cc4c(F)cc(C(=O)NCS(=O)(=O)O)cc4F)c3)cccc21. The molecule has 47 heavy (non-hydrogen) atoms. The van der Waals surface area contributed by atoms with E-state index in [1.54, 1.807) is 35.4 Å². The molecule has 2 heterocycles. The first-order valence-electron chi connectivity index (χ1n) is 14.6. The van der Waals surface area contributed by atoms with Crippen LogP contribution in [0.4, 0.5) is 14.5 Å². The van der Waals surface area contributed by atoms with Gasteiger partial charge in [-0.1, -0.05) is 29.8 Å². The summed E-state index contributed by atoms with van der Waals surface area (Å²) in [6.45, 7) is 2.73. The minimum Gasteiger partial charge on any atom is -0.493 e. The molecule has 4 aromatic rings. The molecule has 0 saturated heterocycles. The van der Waals surface area contributed by atoms with Crippen LogP contribution < -0.4 is 19.7 Å². The van der Waals surface area contributed by atoms with Gasteiger partial charge in [0.05, 0.1) is 31.6 Å². The summed E-state index contributed by atoms with van der Waals surface area (Å²) in [7, 11) is -4.52. The number of aromatic nitrogens is 2. The van der Waals surface area contributed by atoms with Crippen molar-refractivity contribution in [3.05, 3.63) is 94.3 Å². The van der Waals surface area contributed by atoms with Gasteiger partial charge in [0.1, 0.15) is 23.3 Å².